The molecule has 0 aliphatic rings. The summed E-state index contributed by atoms with van der Waals surface area (Å²) in [6.45, 7) is 6.92. The van der Waals surface area contributed by atoms with Crippen molar-refractivity contribution in [2.75, 3.05) is 0 Å². The van der Waals surface area contributed by atoms with E-state index in [1.165, 1.54) is 24.3 Å². The average molecular weight is 232 g/mol. The summed E-state index contributed by atoms with van der Waals surface area (Å²) in [6, 6.07) is 2.34. The van der Waals surface area contributed by atoms with E-state index in [1.807, 2.05) is 0 Å². The highest BCUT2D eigenvalue weighted by molar-refractivity contribution is 6.12. The second-order valence-electron chi connectivity index (χ2n) is 3.22. The van der Waals surface area contributed by atoms with E-state index in [0.717, 1.165) is 6.07 Å². The van der Waals surface area contributed by atoms with E-state index in [9.17, 15) is 15.0 Å². The summed E-state index contributed by atoms with van der Waals surface area (Å²) in [7, 11) is 0. The number of phenolic OH excluding ortho intramolecular Hbond substituents is 3. The molecule has 0 aromatic heterocycles. The second-order valence-corrected chi connectivity index (χ2v) is 3.22. The lowest BCUT2D eigenvalue weighted by atomic mass is 10.0. The number of Topliss-reactive ketones (excluding diaryl/α,β-unsaturated/α-hetero) is 1. The van der Waals surface area contributed by atoms with Gasteiger partial charge in [-0.1, -0.05) is 31.4 Å². The lowest BCUT2D eigenvalue weighted by Crippen LogP contribution is -2.01. The fourth-order valence-corrected chi connectivity index (χ4v) is 1.27. The molecule has 0 aliphatic heterocycles. The molecule has 0 radical (unpaired) electrons. The number of hydrogen-bond acceptors (Lipinski definition) is 4. The summed E-state index contributed by atoms with van der Waals surface area (Å²) >= 11 is 0. The summed E-state index contributed by atoms with van der Waals surface area (Å²) in [4.78, 5) is 11.9. The van der Waals surface area contributed by atoms with Crippen LogP contribution in [0.3, 0.4) is 0 Å². The van der Waals surface area contributed by atoms with Crippen LogP contribution in [-0.2, 0) is 0 Å². The number of ketones is 1. The lowest BCUT2D eigenvalue weighted by Gasteiger charge is -2.06. The van der Waals surface area contributed by atoms with E-state index in [4.69, 9.17) is 5.11 Å². The molecule has 4 nitrogen and oxygen atoms in total. The molecule has 0 heterocycles. The molecule has 0 bridgehead atoms. The molecule has 4 heteroatoms. The van der Waals surface area contributed by atoms with Crippen molar-refractivity contribution in [1.82, 2.24) is 0 Å². The van der Waals surface area contributed by atoms with Crippen molar-refractivity contribution in [3.05, 3.63) is 54.7 Å². The fourth-order valence-electron chi connectivity index (χ4n) is 1.27. The number of aromatic hydroxyl groups is 3. The van der Waals surface area contributed by atoms with Crippen molar-refractivity contribution >= 4 is 5.78 Å². The average Bonchev–Trinajstić information content (AvgIpc) is 2.32. The molecule has 1 aromatic rings. The molecule has 0 amide bonds. The third kappa shape index (κ3) is 2.36. The summed E-state index contributed by atoms with van der Waals surface area (Å²) in [5, 5.41) is 28.0. The molecule has 0 spiro atoms. The van der Waals surface area contributed by atoms with Gasteiger partial charge in [-0.15, -0.1) is 0 Å². The van der Waals surface area contributed by atoms with Crippen LogP contribution in [0.15, 0.2) is 49.1 Å². The van der Waals surface area contributed by atoms with Gasteiger partial charge in [0.15, 0.2) is 17.3 Å². The maximum atomic E-state index is 11.9. The molecule has 1 rings (SSSR count). The van der Waals surface area contributed by atoms with Gasteiger partial charge in [-0.2, -0.15) is 0 Å². The quantitative estimate of drug-likeness (QED) is 0.322. The molecule has 0 saturated heterocycles. The Balaban J connectivity index is 3.31. The Hall–Kier alpha value is -2.49. The van der Waals surface area contributed by atoms with Crippen molar-refractivity contribution < 1.29 is 20.1 Å². The number of benzene rings is 1. The Labute approximate surface area is 98.5 Å². The van der Waals surface area contributed by atoms with Crippen LogP contribution in [0, 0.1) is 0 Å². The molecular formula is C13H12O4. The number of phenols is 3. The predicted octanol–water partition coefficient (Wildman–Crippen LogP) is 2.28. The van der Waals surface area contributed by atoms with Gasteiger partial charge in [0.2, 0.25) is 5.75 Å². The molecule has 17 heavy (non-hydrogen) atoms. The van der Waals surface area contributed by atoms with E-state index in [1.54, 1.807) is 0 Å². The van der Waals surface area contributed by atoms with Gasteiger partial charge in [-0.05, 0) is 12.1 Å². The highest BCUT2D eigenvalue weighted by Gasteiger charge is 2.18. The van der Waals surface area contributed by atoms with Gasteiger partial charge in [0.25, 0.3) is 0 Å². The third-order valence-corrected chi connectivity index (χ3v) is 2.15. The Morgan fingerprint density at radius 1 is 1.12 bits per heavy atom. The zero-order valence-electron chi connectivity index (χ0n) is 9.05. The van der Waals surface area contributed by atoms with Crippen LogP contribution in [-0.4, -0.2) is 21.1 Å². The lowest BCUT2D eigenvalue weighted by molar-refractivity contribution is 0.103. The van der Waals surface area contributed by atoms with Crippen molar-refractivity contribution in [2.45, 2.75) is 0 Å². The van der Waals surface area contributed by atoms with Gasteiger partial charge in [0, 0.05) is 5.57 Å². The van der Waals surface area contributed by atoms with E-state index >= 15 is 0 Å². The maximum Gasteiger partial charge on any atom is 0.201 e. The van der Waals surface area contributed by atoms with Crippen LogP contribution < -0.4 is 0 Å². The Morgan fingerprint density at radius 3 is 2.29 bits per heavy atom. The van der Waals surface area contributed by atoms with E-state index in [2.05, 4.69) is 13.2 Å². The molecule has 1 aromatic carbocycles. The largest absolute Gasteiger partial charge is 0.504 e. The molecule has 0 saturated carbocycles. The molecule has 3 N–H and O–H groups in total. The molecule has 88 valence electrons. The summed E-state index contributed by atoms with van der Waals surface area (Å²) in [6.07, 6.45) is 4.15. The van der Waals surface area contributed by atoms with E-state index in [0.29, 0.717) is 0 Å². The smallest absolute Gasteiger partial charge is 0.201 e. The van der Waals surface area contributed by atoms with Gasteiger partial charge >= 0.3 is 0 Å². The van der Waals surface area contributed by atoms with Crippen LogP contribution in [0.2, 0.25) is 0 Å². The first kappa shape index (κ1) is 12.6. The minimum absolute atomic E-state index is 0.117. The van der Waals surface area contributed by atoms with Crippen molar-refractivity contribution in [2.24, 2.45) is 0 Å². The first-order chi connectivity index (χ1) is 8.02. The predicted molar refractivity (Wildman–Crippen MR) is 64.2 cm³/mol. The van der Waals surface area contributed by atoms with Crippen LogP contribution in [0.4, 0.5) is 0 Å². The van der Waals surface area contributed by atoms with Gasteiger partial charge in [-0.3, -0.25) is 4.79 Å². The molecule has 0 atom stereocenters. The van der Waals surface area contributed by atoms with Gasteiger partial charge in [-0.25, -0.2) is 0 Å². The SMILES string of the molecule is C=C/C=C(\C=C)C(=O)c1ccc(O)c(O)c1O. The summed E-state index contributed by atoms with van der Waals surface area (Å²) < 4.78 is 0. The normalized spacial score (nSPS) is 10.9. The molecule has 0 fully saturated rings. The number of carbonyl (C=O) groups excluding carboxylic acids is 1. The van der Waals surface area contributed by atoms with Crippen molar-refractivity contribution in [3.8, 4) is 17.2 Å². The van der Waals surface area contributed by atoms with Crippen LogP contribution in [0.5, 0.6) is 17.2 Å². The van der Waals surface area contributed by atoms with Crippen LogP contribution in [0.25, 0.3) is 0 Å². The van der Waals surface area contributed by atoms with Gasteiger partial charge in [0.05, 0.1) is 5.56 Å². The second kappa shape index (κ2) is 5.03. The standard InChI is InChI=1S/C13H12O4/c1-3-5-8(4-2)11(15)9-6-7-10(14)13(17)12(9)16/h3-7,14,16-17H,1-2H2/b8-5+. The number of rotatable bonds is 4. The van der Waals surface area contributed by atoms with Crippen LogP contribution in [0.1, 0.15) is 10.4 Å². The fraction of sp³-hybridized carbons (Fsp3) is 0. The van der Waals surface area contributed by atoms with Crippen LogP contribution >= 0.6 is 0 Å². The highest BCUT2D eigenvalue weighted by atomic mass is 16.3. The van der Waals surface area contributed by atoms with E-state index in [-0.39, 0.29) is 11.1 Å². The zero-order chi connectivity index (χ0) is 13.0. The maximum absolute atomic E-state index is 11.9. The van der Waals surface area contributed by atoms with E-state index < -0.39 is 23.0 Å². The summed E-state index contributed by atoms with van der Waals surface area (Å²) in [5.74, 6) is -2.40. The number of hydrogen-bond donors (Lipinski definition) is 3. The molecule has 0 aliphatic carbocycles. The Bertz CT molecular complexity index is 512. The zero-order valence-corrected chi connectivity index (χ0v) is 9.05. The first-order valence-electron chi connectivity index (χ1n) is 4.76. The minimum atomic E-state index is -0.724. The number of carbonyl (C=O) groups is 1. The first-order valence-corrected chi connectivity index (χ1v) is 4.76. The molecular weight excluding hydrogens is 220 g/mol. The van der Waals surface area contributed by atoms with Gasteiger partial charge < -0.3 is 15.3 Å². The highest BCUT2D eigenvalue weighted by Crippen LogP contribution is 2.37. The summed E-state index contributed by atoms with van der Waals surface area (Å²) in [5.41, 5.74) is 0.105. The van der Waals surface area contributed by atoms with Gasteiger partial charge in [0.1, 0.15) is 0 Å². The minimum Gasteiger partial charge on any atom is -0.504 e. The third-order valence-electron chi connectivity index (χ3n) is 2.15. The molecule has 0 unspecified atom stereocenters. The monoisotopic (exact) mass is 232 g/mol. The van der Waals surface area contributed by atoms with Crippen molar-refractivity contribution in [3.63, 3.8) is 0 Å². The Kier molecular flexibility index (Phi) is 3.72. The van der Waals surface area contributed by atoms with Crippen molar-refractivity contribution in [1.29, 1.82) is 0 Å². The Morgan fingerprint density at radius 2 is 1.76 bits per heavy atom. The topological polar surface area (TPSA) is 77.8 Å². The number of allylic oxidation sites excluding steroid dienone is 4.